The molecule has 0 bridgehead atoms. The monoisotopic (exact) mass is 205 g/mol. The number of rotatable bonds is 0. The number of carbonyl (C=O) groups excluding carboxylic acids is 1. The molecule has 0 fully saturated rings. The van der Waals surface area contributed by atoms with Gasteiger partial charge in [0.2, 0.25) is 5.54 Å². The molecule has 0 aliphatic carbocycles. The Morgan fingerprint density at radius 2 is 2.07 bits per heavy atom. The molecule has 1 rings (SSSR count). The van der Waals surface area contributed by atoms with Crippen molar-refractivity contribution in [3.63, 3.8) is 0 Å². The standard InChI is InChI=1S/C7H6F3N3O/c1-3-4(2-11)6(12,5(14)13-3)7(8,9)10/h12H2,1H3,(H,13,14). The normalized spacial score (nSPS) is 27.6. The van der Waals surface area contributed by atoms with Gasteiger partial charge in [-0.05, 0) is 6.92 Å². The third-order valence-electron chi connectivity index (χ3n) is 1.99. The van der Waals surface area contributed by atoms with E-state index in [0.717, 1.165) is 0 Å². The summed E-state index contributed by atoms with van der Waals surface area (Å²) in [5.41, 5.74) is 0.767. The highest BCUT2D eigenvalue weighted by Gasteiger charge is 2.63. The molecule has 4 nitrogen and oxygen atoms in total. The Morgan fingerprint density at radius 1 is 1.57 bits per heavy atom. The van der Waals surface area contributed by atoms with Gasteiger partial charge in [-0.15, -0.1) is 0 Å². The van der Waals surface area contributed by atoms with Gasteiger partial charge in [0, 0.05) is 5.70 Å². The first kappa shape index (κ1) is 10.5. The fraction of sp³-hybridized carbons (Fsp3) is 0.429. The lowest BCUT2D eigenvalue weighted by atomic mass is 9.92. The molecule has 0 aromatic rings. The van der Waals surface area contributed by atoms with Crippen LogP contribution < -0.4 is 11.1 Å². The molecule has 0 aromatic carbocycles. The Balaban J connectivity index is 3.36. The number of hydrogen-bond acceptors (Lipinski definition) is 3. The maximum atomic E-state index is 12.4. The number of nitrogens with two attached hydrogens (primary N) is 1. The number of amides is 1. The van der Waals surface area contributed by atoms with E-state index in [9.17, 15) is 18.0 Å². The third-order valence-corrected chi connectivity index (χ3v) is 1.99. The van der Waals surface area contributed by atoms with E-state index in [0.29, 0.717) is 0 Å². The number of nitriles is 1. The van der Waals surface area contributed by atoms with E-state index in [2.05, 4.69) is 0 Å². The number of nitrogens with zero attached hydrogens (tertiary/aromatic N) is 1. The second-order valence-corrected chi connectivity index (χ2v) is 2.87. The Kier molecular flexibility index (Phi) is 2.04. The van der Waals surface area contributed by atoms with Crippen molar-refractivity contribution in [1.29, 1.82) is 5.26 Å². The number of halogens is 3. The topological polar surface area (TPSA) is 78.9 Å². The minimum atomic E-state index is -4.97. The summed E-state index contributed by atoms with van der Waals surface area (Å²) in [7, 11) is 0. The van der Waals surface area contributed by atoms with Crippen LogP contribution in [0.25, 0.3) is 0 Å². The highest BCUT2D eigenvalue weighted by atomic mass is 19.4. The molecular formula is C7H6F3N3O. The van der Waals surface area contributed by atoms with Crippen LogP contribution in [0.15, 0.2) is 11.3 Å². The average molecular weight is 205 g/mol. The molecule has 0 radical (unpaired) electrons. The van der Waals surface area contributed by atoms with E-state index >= 15 is 0 Å². The van der Waals surface area contributed by atoms with E-state index in [1.807, 2.05) is 5.32 Å². The molecule has 3 N–H and O–H groups in total. The van der Waals surface area contributed by atoms with Crippen molar-refractivity contribution in [2.45, 2.75) is 18.6 Å². The molecule has 0 spiro atoms. The van der Waals surface area contributed by atoms with Crippen LogP contribution in [0.4, 0.5) is 13.2 Å². The second-order valence-electron chi connectivity index (χ2n) is 2.87. The van der Waals surface area contributed by atoms with Gasteiger partial charge >= 0.3 is 6.18 Å². The van der Waals surface area contributed by atoms with Gasteiger partial charge in [-0.25, -0.2) is 0 Å². The van der Waals surface area contributed by atoms with E-state index in [4.69, 9.17) is 11.0 Å². The predicted octanol–water partition coefficient (Wildman–Crippen LogP) is 0.174. The lowest BCUT2D eigenvalue weighted by Crippen LogP contribution is -2.60. The first-order chi connectivity index (χ1) is 6.25. The molecule has 0 aromatic heterocycles. The number of nitrogens with one attached hydrogen (secondary N) is 1. The van der Waals surface area contributed by atoms with Gasteiger partial charge in [0.05, 0.1) is 11.6 Å². The molecule has 0 saturated carbocycles. The van der Waals surface area contributed by atoms with Crippen molar-refractivity contribution in [2.24, 2.45) is 5.73 Å². The molecule has 76 valence electrons. The average Bonchev–Trinajstić information content (AvgIpc) is 2.23. The quantitative estimate of drug-likeness (QED) is 0.591. The molecule has 1 unspecified atom stereocenters. The van der Waals surface area contributed by atoms with E-state index < -0.39 is 23.2 Å². The third kappa shape index (κ3) is 1.08. The fourth-order valence-corrected chi connectivity index (χ4v) is 1.18. The molecule has 1 aliphatic heterocycles. The lowest BCUT2D eigenvalue weighted by Gasteiger charge is -2.24. The molecule has 14 heavy (non-hydrogen) atoms. The minimum Gasteiger partial charge on any atom is -0.327 e. The molecule has 0 saturated heterocycles. The van der Waals surface area contributed by atoms with E-state index in [1.54, 1.807) is 0 Å². The zero-order chi connectivity index (χ0) is 11.1. The van der Waals surface area contributed by atoms with Crippen LogP contribution in [0.2, 0.25) is 0 Å². The fourth-order valence-electron chi connectivity index (χ4n) is 1.18. The predicted molar refractivity (Wildman–Crippen MR) is 39.4 cm³/mol. The number of allylic oxidation sites excluding steroid dienone is 1. The smallest absolute Gasteiger partial charge is 0.327 e. The SMILES string of the molecule is CC1=C(C#N)C(N)(C(F)(F)F)C(=O)N1. The molecule has 1 amide bonds. The van der Waals surface area contributed by atoms with Crippen LogP contribution in [-0.2, 0) is 4.79 Å². The van der Waals surface area contributed by atoms with Crippen LogP contribution in [0, 0.1) is 11.3 Å². The summed E-state index contributed by atoms with van der Waals surface area (Å²) in [6, 6.07) is 1.29. The van der Waals surface area contributed by atoms with Gasteiger partial charge in [0.25, 0.3) is 5.91 Å². The molecule has 7 heteroatoms. The highest BCUT2D eigenvalue weighted by Crippen LogP contribution is 2.38. The van der Waals surface area contributed by atoms with Crippen molar-refractivity contribution in [3.05, 3.63) is 11.3 Å². The summed E-state index contributed by atoms with van der Waals surface area (Å²) < 4.78 is 37.3. The summed E-state index contributed by atoms with van der Waals surface area (Å²) >= 11 is 0. The van der Waals surface area contributed by atoms with Crippen molar-refractivity contribution in [3.8, 4) is 6.07 Å². The van der Waals surface area contributed by atoms with Gasteiger partial charge in [0.1, 0.15) is 0 Å². The van der Waals surface area contributed by atoms with Gasteiger partial charge in [0.15, 0.2) is 0 Å². The van der Waals surface area contributed by atoms with E-state index in [-0.39, 0.29) is 5.70 Å². The van der Waals surface area contributed by atoms with Crippen LogP contribution in [0.3, 0.4) is 0 Å². The summed E-state index contributed by atoms with van der Waals surface area (Å²) in [5.74, 6) is -1.42. The molecule has 1 aliphatic rings. The van der Waals surface area contributed by atoms with Gasteiger partial charge in [-0.2, -0.15) is 18.4 Å². The highest BCUT2D eigenvalue weighted by molar-refractivity contribution is 5.97. The summed E-state index contributed by atoms with van der Waals surface area (Å²) in [4.78, 5) is 11.0. The van der Waals surface area contributed by atoms with Crippen molar-refractivity contribution in [2.75, 3.05) is 0 Å². The maximum absolute atomic E-state index is 12.4. The molecule has 1 heterocycles. The first-order valence-corrected chi connectivity index (χ1v) is 3.53. The van der Waals surface area contributed by atoms with Crippen molar-refractivity contribution in [1.82, 2.24) is 5.32 Å². The Bertz CT molecular complexity index is 365. The van der Waals surface area contributed by atoms with Gasteiger partial charge in [-0.1, -0.05) is 0 Å². The summed E-state index contributed by atoms with van der Waals surface area (Å²) in [5, 5.41) is 10.4. The van der Waals surface area contributed by atoms with Gasteiger partial charge < -0.3 is 11.1 Å². The Hall–Kier alpha value is -1.55. The van der Waals surface area contributed by atoms with Crippen LogP contribution in [-0.4, -0.2) is 17.6 Å². The van der Waals surface area contributed by atoms with Crippen molar-refractivity contribution < 1.29 is 18.0 Å². The Morgan fingerprint density at radius 3 is 2.36 bits per heavy atom. The van der Waals surface area contributed by atoms with Crippen LogP contribution in [0.1, 0.15) is 6.92 Å². The summed E-state index contributed by atoms with van der Waals surface area (Å²) in [6.45, 7) is 1.19. The lowest BCUT2D eigenvalue weighted by molar-refractivity contribution is -0.179. The second kappa shape index (κ2) is 2.72. The van der Waals surface area contributed by atoms with Crippen LogP contribution in [0.5, 0.6) is 0 Å². The number of carbonyl (C=O) groups is 1. The van der Waals surface area contributed by atoms with Crippen molar-refractivity contribution >= 4 is 5.91 Å². The Labute approximate surface area is 77.2 Å². The molecule has 1 atom stereocenters. The summed E-state index contributed by atoms with van der Waals surface area (Å²) in [6.07, 6.45) is -4.97. The number of alkyl halides is 3. The van der Waals surface area contributed by atoms with Crippen LogP contribution >= 0.6 is 0 Å². The zero-order valence-corrected chi connectivity index (χ0v) is 7.07. The largest absolute Gasteiger partial charge is 0.420 e. The first-order valence-electron chi connectivity index (χ1n) is 3.53. The minimum absolute atomic E-state index is 0.155. The molecular weight excluding hydrogens is 199 g/mol. The van der Waals surface area contributed by atoms with Gasteiger partial charge in [-0.3, -0.25) is 4.79 Å². The van der Waals surface area contributed by atoms with E-state index in [1.165, 1.54) is 13.0 Å². The number of hydrogen-bond donors (Lipinski definition) is 2. The maximum Gasteiger partial charge on any atom is 0.420 e. The zero-order valence-electron chi connectivity index (χ0n) is 7.07.